The Morgan fingerprint density at radius 2 is 2.07 bits per heavy atom. The quantitative estimate of drug-likeness (QED) is 0.567. The van der Waals surface area contributed by atoms with E-state index in [1.54, 1.807) is 25.3 Å². The SMILES string of the molecule is COCOc1ccc2ccc(=O)oc2c1. The molecule has 0 atom stereocenters. The smallest absolute Gasteiger partial charge is 0.336 e. The highest BCUT2D eigenvalue weighted by Gasteiger charge is 1.99. The molecule has 2 aromatic rings. The second-order valence-electron chi connectivity index (χ2n) is 3.00. The van der Waals surface area contributed by atoms with Gasteiger partial charge in [0.05, 0.1) is 0 Å². The monoisotopic (exact) mass is 206 g/mol. The van der Waals surface area contributed by atoms with Gasteiger partial charge in [-0.15, -0.1) is 0 Å². The van der Waals surface area contributed by atoms with Gasteiger partial charge in [-0.1, -0.05) is 0 Å². The molecule has 0 aliphatic heterocycles. The third kappa shape index (κ3) is 2.16. The molecule has 4 nitrogen and oxygen atoms in total. The van der Waals surface area contributed by atoms with Crippen LogP contribution in [-0.2, 0) is 4.74 Å². The van der Waals surface area contributed by atoms with Crippen molar-refractivity contribution in [1.82, 2.24) is 0 Å². The summed E-state index contributed by atoms with van der Waals surface area (Å²) in [6.07, 6.45) is 0. The summed E-state index contributed by atoms with van der Waals surface area (Å²) in [4.78, 5) is 11.0. The molecule has 0 aliphatic rings. The van der Waals surface area contributed by atoms with Gasteiger partial charge in [0.1, 0.15) is 11.3 Å². The molecule has 0 saturated heterocycles. The van der Waals surface area contributed by atoms with Crippen molar-refractivity contribution in [3.63, 3.8) is 0 Å². The highest BCUT2D eigenvalue weighted by Crippen LogP contribution is 2.19. The molecular formula is C11H10O4. The molecule has 0 bridgehead atoms. The molecule has 0 fully saturated rings. The highest BCUT2D eigenvalue weighted by molar-refractivity contribution is 5.77. The predicted molar refractivity (Wildman–Crippen MR) is 55.0 cm³/mol. The topological polar surface area (TPSA) is 48.7 Å². The van der Waals surface area contributed by atoms with Crippen LogP contribution in [0.3, 0.4) is 0 Å². The van der Waals surface area contributed by atoms with E-state index in [2.05, 4.69) is 0 Å². The standard InChI is InChI=1S/C11H10O4/c1-13-7-14-9-4-2-8-3-5-11(12)15-10(8)6-9/h2-6H,7H2,1H3. The van der Waals surface area contributed by atoms with Crippen molar-refractivity contribution < 1.29 is 13.9 Å². The van der Waals surface area contributed by atoms with Crippen LogP contribution in [-0.4, -0.2) is 13.9 Å². The van der Waals surface area contributed by atoms with Crippen molar-refractivity contribution in [1.29, 1.82) is 0 Å². The van der Waals surface area contributed by atoms with E-state index < -0.39 is 0 Å². The molecule has 1 aromatic carbocycles. The zero-order valence-corrected chi connectivity index (χ0v) is 8.23. The molecule has 0 amide bonds. The van der Waals surface area contributed by atoms with Crippen molar-refractivity contribution in [3.05, 3.63) is 40.8 Å². The normalized spacial score (nSPS) is 10.5. The predicted octanol–water partition coefficient (Wildman–Crippen LogP) is 1.78. The summed E-state index contributed by atoms with van der Waals surface area (Å²) >= 11 is 0. The van der Waals surface area contributed by atoms with Gasteiger partial charge in [0.2, 0.25) is 0 Å². The number of methoxy groups -OCH3 is 1. The van der Waals surface area contributed by atoms with Gasteiger partial charge >= 0.3 is 5.63 Å². The molecule has 0 aliphatic carbocycles. The summed E-state index contributed by atoms with van der Waals surface area (Å²) in [5.74, 6) is 0.610. The van der Waals surface area contributed by atoms with Crippen molar-refractivity contribution in [2.75, 3.05) is 13.9 Å². The zero-order valence-electron chi connectivity index (χ0n) is 8.23. The molecule has 0 spiro atoms. The van der Waals surface area contributed by atoms with E-state index in [1.165, 1.54) is 6.07 Å². The van der Waals surface area contributed by atoms with Gasteiger partial charge < -0.3 is 13.9 Å². The van der Waals surface area contributed by atoms with Crippen LogP contribution in [0.5, 0.6) is 5.75 Å². The van der Waals surface area contributed by atoms with Crippen LogP contribution >= 0.6 is 0 Å². The van der Waals surface area contributed by atoms with Crippen molar-refractivity contribution in [3.8, 4) is 5.75 Å². The summed E-state index contributed by atoms with van der Waals surface area (Å²) in [6, 6.07) is 8.37. The molecular weight excluding hydrogens is 196 g/mol. The van der Waals surface area contributed by atoms with Crippen molar-refractivity contribution >= 4 is 11.0 Å². The lowest BCUT2D eigenvalue weighted by molar-refractivity contribution is 0.0512. The average molecular weight is 206 g/mol. The maximum atomic E-state index is 11.0. The van der Waals surface area contributed by atoms with Crippen molar-refractivity contribution in [2.45, 2.75) is 0 Å². The summed E-state index contributed by atoms with van der Waals surface area (Å²) in [6.45, 7) is 0.169. The fourth-order valence-electron chi connectivity index (χ4n) is 1.26. The van der Waals surface area contributed by atoms with Crippen molar-refractivity contribution in [2.24, 2.45) is 0 Å². The van der Waals surface area contributed by atoms with E-state index in [4.69, 9.17) is 13.9 Å². The first kappa shape index (κ1) is 9.73. The van der Waals surface area contributed by atoms with E-state index in [-0.39, 0.29) is 12.4 Å². The minimum Gasteiger partial charge on any atom is -0.467 e. The summed E-state index contributed by atoms with van der Waals surface area (Å²) in [7, 11) is 1.54. The second-order valence-corrected chi connectivity index (χ2v) is 3.00. The fraction of sp³-hybridized carbons (Fsp3) is 0.182. The number of ether oxygens (including phenoxy) is 2. The first-order chi connectivity index (χ1) is 7.29. The van der Waals surface area contributed by atoms with E-state index in [0.29, 0.717) is 11.3 Å². The zero-order chi connectivity index (χ0) is 10.7. The van der Waals surface area contributed by atoms with Gasteiger partial charge in [-0.2, -0.15) is 0 Å². The lowest BCUT2D eigenvalue weighted by Crippen LogP contribution is -1.99. The Kier molecular flexibility index (Phi) is 2.69. The van der Waals surface area contributed by atoms with Gasteiger partial charge in [0, 0.05) is 24.6 Å². The maximum Gasteiger partial charge on any atom is 0.336 e. The Hall–Kier alpha value is -1.81. The first-order valence-corrected chi connectivity index (χ1v) is 4.45. The Morgan fingerprint density at radius 3 is 2.87 bits per heavy atom. The highest BCUT2D eigenvalue weighted by atomic mass is 16.7. The molecule has 4 heteroatoms. The van der Waals surface area contributed by atoms with Crippen LogP contribution in [0.25, 0.3) is 11.0 Å². The molecule has 1 aromatic heterocycles. The van der Waals surface area contributed by atoms with Crippen LogP contribution in [0.15, 0.2) is 39.5 Å². The lowest BCUT2D eigenvalue weighted by atomic mass is 10.2. The third-order valence-electron chi connectivity index (χ3n) is 1.94. The number of benzene rings is 1. The minimum atomic E-state index is -0.369. The van der Waals surface area contributed by atoms with Gasteiger partial charge in [-0.25, -0.2) is 4.79 Å². The van der Waals surface area contributed by atoms with Crippen LogP contribution in [0.4, 0.5) is 0 Å². The Balaban J connectivity index is 2.40. The lowest BCUT2D eigenvalue weighted by Gasteiger charge is -2.04. The summed E-state index contributed by atoms with van der Waals surface area (Å²) < 4.78 is 15.0. The van der Waals surface area contributed by atoms with E-state index >= 15 is 0 Å². The molecule has 0 saturated carbocycles. The molecule has 15 heavy (non-hydrogen) atoms. The fourth-order valence-corrected chi connectivity index (χ4v) is 1.26. The van der Waals surface area contributed by atoms with Crippen LogP contribution in [0.1, 0.15) is 0 Å². The molecule has 2 rings (SSSR count). The Bertz CT molecular complexity index is 515. The number of hydrogen-bond acceptors (Lipinski definition) is 4. The first-order valence-electron chi connectivity index (χ1n) is 4.45. The van der Waals surface area contributed by atoms with Crippen LogP contribution in [0, 0.1) is 0 Å². The van der Waals surface area contributed by atoms with Gasteiger partial charge in [0.15, 0.2) is 6.79 Å². The number of fused-ring (bicyclic) bond motifs is 1. The van der Waals surface area contributed by atoms with Crippen LogP contribution < -0.4 is 10.4 Å². The summed E-state index contributed by atoms with van der Waals surface area (Å²) in [5.41, 5.74) is 0.141. The molecule has 1 heterocycles. The van der Waals surface area contributed by atoms with Gasteiger partial charge in [-0.05, 0) is 18.2 Å². The van der Waals surface area contributed by atoms with E-state index in [0.717, 1.165) is 5.39 Å². The van der Waals surface area contributed by atoms with E-state index in [1.807, 2.05) is 6.07 Å². The molecule has 0 radical (unpaired) electrons. The summed E-state index contributed by atoms with van der Waals surface area (Å²) in [5, 5.41) is 0.861. The third-order valence-corrected chi connectivity index (χ3v) is 1.94. The van der Waals surface area contributed by atoms with Gasteiger partial charge in [0.25, 0.3) is 0 Å². The number of rotatable bonds is 3. The maximum absolute atomic E-state index is 11.0. The number of hydrogen-bond donors (Lipinski definition) is 0. The molecule has 78 valence electrons. The Morgan fingerprint density at radius 1 is 1.27 bits per heavy atom. The Labute approximate surface area is 86.0 Å². The molecule has 0 N–H and O–H groups in total. The van der Waals surface area contributed by atoms with Gasteiger partial charge in [-0.3, -0.25) is 0 Å². The minimum absolute atomic E-state index is 0.169. The second kappa shape index (κ2) is 4.14. The average Bonchev–Trinajstić information content (AvgIpc) is 2.25. The largest absolute Gasteiger partial charge is 0.467 e. The van der Waals surface area contributed by atoms with Crippen LogP contribution in [0.2, 0.25) is 0 Å². The van der Waals surface area contributed by atoms with E-state index in [9.17, 15) is 4.79 Å². The molecule has 0 unspecified atom stereocenters.